The van der Waals surface area contributed by atoms with Crippen molar-refractivity contribution in [3.63, 3.8) is 0 Å². The highest BCUT2D eigenvalue weighted by Gasteiger charge is 2.36. The lowest BCUT2D eigenvalue weighted by Crippen LogP contribution is -2.47. The van der Waals surface area contributed by atoms with Gasteiger partial charge in [0.2, 0.25) is 5.91 Å². The SMILES string of the molecule is COc1ccccc1C(=O)NNC(=O)c1cc(C(F)(F)F)nn1-c1csc(N(C)C(=O)[C@H](C)NC(=O)OC(C)(C)C)c1. The minimum atomic E-state index is -4.88. The molecule has 0 unspecified atom stereocenters. The van der Waals surface area contributed by atoms with E-state index in [-0.39, 0.29) is 22.0 Å². The van der Waals surface area contributed by atoms with Gasteiger partial charge < -0.3 is 19.7 Å². The van der Waals surface area contributed by atoms with Gasteiger partial charge in [-0.1, -0.05) is 12.1 Å². The van der Waals surface area contributed by atoms with Gasteiger partial charge in [0.15, 0.2) is 5.69 Å². The molecule has 42 heavy (non-hydrogen) atoms. The minimum absolute atomic E-state index is 0.0408. The number of nitrogens with zero attached hydrogens (tertiary/aromatic N) is 3. The first kappa shape index (κ1) is 31.9. The maximum atomic E-state index is 13.5. The number of anilines is 1. The minimum Gasteiger partial charge on any atom is -0.496 e. The summed E-state index contributed by atoms with van der Waals surface area (Å²) in [5, 5.41) is 7.64. The molecule has 0 spiro atoms. The number of alkyl halides is 3. The molecule has 0 fully saturated rings. The van der Waals surface area contributed by atoms with Crippen LogP contribution in [-0.4, -0.2) is 59.4 Å². The Hall–Kier alpha value is -4.60. The van der Waals surface area contributed by atoms with Crippen molar-refractivity contribution in [1.82, 2.24) is 25.9 Å². The lowest BCUT2D eigenvalue weighted by atomic mass is 10.2. The van der Waals surface area contributed by atoms with E-state index in [1.165, 1.54) is 49.6 Å². The third kappa shape index (κ3) is 7.78. The number of rotatable bonds is 7. The second-order valence-corrected chi connectivity index (χ2v) is 10.7. The maximum Gasteiger partial charge on any atom is 0.435 e. The smallest absolute Gasteiger partial charge is 0.435 e. The van der Waals surface area contributed by atoms with E-state index < -0.39 is 53.0 Å². The highest BCUT2D eigenvalue weighted by Crippen LogP contribution is 2.32. The lowest BCUT2D eigenvalue weighted by molar-refractivity contribution is -0.141. The van der Waals surface area contributed by atoms with E-state index in [4.69, 9.17) is 9.47 Å². The summed E-state index contributed by atoms with van der Waals surface area (Å²) in [6, 6.07) is 7.03. The largest absolute Gasteiger partial charge is 0.496 e. The van der Waals surface area contributed by atoms with Crippen LogP contribution in [0.4, 0.5) is 23.0 Å². The van der Waals surface area contributed by atoms with Crippen LogP contribution in [0, 0.1) is 0 Å². The molecule has 0 bridgehead atoms. The fourth-order valence-corrected chi connectivity index (χ4v) is 4.35. The molecule has 12 nitrogen and oxygen atoms in total. The zero-order valence-electron chi connectivity index (χ0n) is 23.5. The molecule has 0 radical (unpaired) electrons. The van der Waals surface area contributed by atoms with Crippen LogP contribution in [0.5, 0.6) is 5.75 Å². The van der Waals surface area contributed by atoms with Gasteiger partial charge in [-0.05, 0) is 45.9 Å². The number of aromatic nitrogens is 2. The Balaban J connectivity index is 1.81. The molecule has 4 amide bonds. The van der Waals surface area contributed by atoms with E-state index in [1.54, 1.807) is 32.9 Å². The van der Waals surface area contributed by atoms with Crippen molar-refractivity contribution in [2.24, 2.45) is 0 Å². The Morgan fingerprint density at radius 1 is 1.05 bits per heavy atom. The van der Waals surface area contributed by atoms with Crippen LogP contribution < -0.4 is 25.8 Å². The number of halogens is 3. The van der Waals surface area contributed by atoms with E-state index in [0.29, 0.717) is 6.07 Å². The van der Waals surface area contributed by atoms with Gasteiger partial charge in [0.05, 0.1) is 23.4 Å². The summed E-state index contributed by atoms with van der Waals surface area (Å²) in [7, 11) is 2.76. The third-order valence-corrected chi connectivity index (χ3v) is 6.45. The van der Waals surface area contributed by atoms with Crippen LogP contribution in [0.15, 0.2) is 41.8 Å². The van der Waals surface area contributed by atoms with Gasteiger partial charge in [-0.25, -0.2) is 9.48 Å². The standard InChI is InChI=1S/C26H29F3N6O6S/c1-14(30-24(39)41-25(2,3)4)23(38)34(5)20-11-15(13-42-20)35-17(12-19(33-35)26(27,28)29)22(37)32-31-21(36)16-9-7-8-10-18(16)40-6/h7-14H,1-6H3,(H,30,39)(H,31,36)(H,32,37)/t14-/m0/s1. The molecule has 1 atom stereocenters. The van der Waals surface area contributed by atoms with Gasteiger partial charge in [0.1, 0.15) is 23.1 Å². The van der Waals surface area contributed by atoms with E-state index >= 15 is 0 Å². The van der Waals surface area contributed by atoms with Crippen LogP contribution in [0.2, 0.25) is 0 Å². The molecular formula is C26H29F3N6O6S. The number of para-hydroxylation sites is 1. The van der Waals surface area contributed by atoms with Crippen molar-refractivity contribution < 1.29 is 41.8 Å². The van der Waals surface area contributed by atoms with Crippen molar-refractivity contribution in [2.45, 2.75) is 45.5 Å². The third-order valence-electron chi connectivity index (χ3n) is 5.45. The van der Waals surface area contributed by atoms with Gasteiger partial charge in [-0.2, -0.15) is 18.3 Å². The molecule has 0 saturated heterocycles. The van der Waals surface area contributed by atoms with Crippen molar-refractivity contribution in [1.29, 1.82) is 0 Å². The fourth-order valence-electron chi connectivity index (χ4n) is 3.50. The van der Waals surface area contributed by atoms with Crippen molar-refractivity contribution in [2.75, 3.05) is 19.1 Å². The van der Waals surface area contributed by atoms with Crippen molar-refractivity contribution in [3.05, 3.63) is 58.7 Å². The monoisotopic (exact) mass is 610 g/mol. The molecule has 2 heterocycles. The van der Waals surface area contributed by atoms with Crippen LogP contribution in [0.1, 0.15) is 54.2 Å². The Morgan fingerprint density at radius 3 is 2.31 bits per heavy atom. The predicted molar refractivity (Wildman–Crippen MR) is 147 cm³/mol. The Labute approximate surface area is 242 Å². The number of hydrazine groups is 1. The molecule has 0 saturated carbocycles. The number of hydrogen-bond acceptors (Lipinski definition) is 8. The quantitative estimate of drug-likeness (QED) is 0.344. The normalized spacial score (nSPS) is 12.2. The zero-order valence-corrected chi connectivity index (χ0v) is 24.3. The number of likely N-dealkylation sites (N-methyl/N-ethyl adjacent to an activating group) is 1. The summed E-state index contributed by atoms with van der Waals surface area (Å²) in [6.45, 7) is 6.45. The number of alkyl carbamates (subject to hydrolysis) is 1. The van der Waals surface area contributed by atoms with E-state index in [0.717, 1.165) is 16.0 Å². The first-order chi connectivity index (χ1) is 19.5. The van der Waals surface area contributed by atoms with Gasteiger partial charge in [0.25, 0.3) is 11.8 Å². The number of hydrogen-bond donors (Lipinski definition) is 3. The number of carbonyl (C=O) groups is 4. The van der Waals surface area contributed by atoms with E-state index in [1.807, 2.05) is 0 Å². The Morgan fingerprint density at radius 2 is 1.69 bits per heavy atom. The van der Waals surface area contributed by atoms with Crippen LogP contribution in [0.25, 0.3) is 5.69 Å². The molecule has 0 aliphatic carbocycles. The summed E-state index contributed by atoms with van der Waals surface area (Å²) in [4.78, 5) is 51.6. The summed E-state index contributed by atoms with van der Waals surface area (Å²) in [5.74, 6) is -2.18. The molecule has 3 aromatic rings. The maximum absolute atomic E-state index is 13.5. The number of benzene rings is 1. The summed E-state index contributed by atoms with van der Waals surface area (Å²) in [5.41, 5.74) is 1.68. The summed E-state index contributed by atoms with van der Waals surface area (Å²) in [6.07, 6.45) is -5.68. The second-order valence-electron chi connectivity index (χ2n) is 9.84. The first-order valence-electron chi connectivity index (χ1n) is 12.3. The summed E-state index contributed by atoms with van der Waals surface area (Å²) >= 11 is 0.988. The van der Waals surface area contributed by atoms with Crippen LogP contribution >= 0.6 is 11.3 Å². The fraction of sp³-hybridized carbons (Fsp3) is 0.346. The molecule has 0 aliphatic heterocycles. The molecule has 3 rings (SSSR count). The predicted octanol–water partition coefficient (Wildman–Crippen LogP) is 3.91. The molecule has 2 aromatic heterocycles. The number of nitrogens with one attached hydrogen (secondary N) is 3. The number of carbonyl (C=O) groups excluding carboxylic acids is 4. The molecular weight excluding hydrogens is 581 g/mol. The van der Waals surface area contributed by atoms with Crippen LogP contribution in [0.3, 0.4) is 0 Å². The van der Waals surface area contributed by atoms with Crippen molar-refractivity contribution >= 4 is 40.2 Å². The molecule has 226 valence electrons. The Bertz CT molecular complexity index is 1480. The number of ether oxygens (including phenoxy) is 2. The van der Waals surface area contributed by atoms with Gasteiger partial charge in [-0.3, -0.25) is 25.2 Å². The number of methoxy groups -OCH3 is 1. The zero-order chi connectivity index (χ0) is 31.4. The molecule has 0 aliphatic rings. The first-order valence-corrected chi connectivity index (χ1v) is 13.2. The van der Waals surface area contributed by atoms with Gasteiger partial charge in [-0.15, -0.1) is 11.3 Å². The van der Waals surface area contributed by atoms with E-state index in [2.05, 4.69) is 21.3 Å². The van der Waals surface area contributed by atoms with Gasteiger partial charge in [0, 0.05) is 18.5 Å². The molecule has 3 N–H and O–H groups in total. The Kier molecular flexibility index (Phi) is 9.50. The van der Waals surface area contributed by atoms with E-state index in [9.17, 15) is 32.3 Å². The highest BCUT2D eigenvalue weighted by molar-refractivity contribution is 7.14. The van der Waals surface area contributed by atoms with Crippen LogP contribution in [-0.2, 0) is 15.7 Å². The number of amides is 4. The van der Waals surface area contributed by atoms with Crippen molar-refractivity contribution in [3.8, 4) is 11.4 Å². The molecule has 1 aromatic carbocycles. The molecule has 16 heteroatoms. The summed E-state index contributed by atoms with van der Waals surface area (Å²) < 4.78 is 51.6. The lowest BCUT2D eigenvalue weighted by Gasteiger charge is -2.24. The highest BCUT2D eigenvalue weighted by atomic mass is 32.1. The second kappa shape index (κ2) is 12.5. The average molecular weight is 611 g/mol. The average Bonchev–Trinajstić information content (AvgIpc) is 3.57. The van der Waals surface area contributed by atoms with Gasteiger partial charge >= 0.3 is 12.3 Å². The topological polar surface area (TPSA) is 144 Å². The number of thiophene rings is 1.